The van der Waals surface area contributed by atoms with E-state index < -0.39 is 5.97 Å². The van der Waals surface area contributed by atoms with Crippen molar-refractivity contribution in [2.75, 3.05) is 5.32 Å². The van der Waals surface area contributed by atoms with Crippen molar-refractivity contribution in [3.63, 3.8) is 0 Å². The summed E-state index contributed by atoms with van der Waals surface area (Å²) >= 11 is 0. The number of pyridine rings is 1. The Bertz CT molecular complexity index is 620. The van der Waals surface area contributed by atoms with Crippen LogP contribution in [-0.4, -0.2) is 32.2 Å². The second-order valence-electron chi connectivity index (χ2n) is 3.54. The monoisotopic (exact) mass is 258 g/mol. The number of anilines is 1. The van der Waals surface area contributed by atoms with Gasteiger partial charge in [-0.1, -0.05) is 6.07 Å². The van der Waals surface area contributed by atoms with Crippen LogP contribution in [0.25, 0.3) is 6.08 Å². The standard InChI is InChI=1S/C12H10N4O3/c17-11(18)5-4-8-2-1-3-10(14-8)15-12(19)9-6-7-13-16-9/h1-7H,(H,13,16)(H,17,18)(H,14,15,19)/b5-4+. The second kappa shape index (κ2) is 5.58. The minimum atomic E-state index is -1.06. The molecule has 0 spiro atoms. The minimum Gasteiger partial charge on any atom is -0.478 e. The highest BCUT2D eigenvalue weighted by Crippen LogP contribution is 2.07. The van der Waals surface area contributed by atoms with Gasteiger partial charge < -0.3 is 10.4 Å². The van der Waals surface area contributed by atoms with Gasteiger partial charge in [0.2, 0.25) is 0 Å². The lowest BCUT2D eigenvalue weighted by molar-refractivity contribution is -0.131. The zero-order chi connectivity index (χ0) is 13.7. The maximum atomic E-state index is 11.7. The highest BCUT2D eigenvalue weighted by atomic mass is 16.4. The summed E-state index contributed by atoms with van der Waals surface area (Å²) in [5, 5.41) is 17.3. The molecule has 2 aromatic rings. The molecule has 3 N–H and O–H groups in total. The maximum Gasteiger partial charge on any atom is 0.328 e. The van der Waals surface area contributed by atoms with E-state index in [0.717, 1.165) is 6.08 Å². The molecule has 2 rings (SSSR count). The van der Waals surface area contributed by atoms with Gasteiger partial charge in [-0.3, -0.25) is 9.89 Å². The van der Waals surface area contributed by atoms with Crippen LogP contribution in [-0.2, 0) is 4.79 Å². The van der Waals surface area contributed by atoms with Gasteiger partial charge in [-0.15, -0.1) is 0 Å². The average Bonchev–Trinajstić information content (AvgIpc) is 2.91. The van der Waals surface area contributed by atoms with E-state index >= 15 is 0 Å². The van der Waals surface area contributed by atoms with Crippen molar-refractivity contribution in [3.8, 4) is 0 Å². The number of nitrogens with zero attached hydrogens (tertiary/aromatic N) is 2. The molecule has 0 aliphatic carbocycles. The van der Waals surface area contributed by atoms with Crippen LogP contribution in [0.2, 0.25) is 0 Å². The highest BCUT2D eigenvalue weighted by molar-refractivity contribution is 6.02. The fourth-order valence-corrected chi connectivity index (χ4v) is 1.34. The fourth-order valence-electron chi connectivity index (χ4n) is 1.34. The van der Waals surface area contributed by atoms with E-state index in [0.29, 0.717) is 17.2 Å². The van der Waals surface area contributed by atoms with E-state index in [1.807, 2.05) is 0 Å². The first-order valence-electron chi connectivity index (χ1n) is 5.34. The molecular formula is C12H10N4O3. The number of nitrogens with one attached hydrogen (secondary N) is 2. The minimum absolute atomic E-state index is 0.313. The molecule has 0 aliphatic heterocycles. The molecule has 0 aliphatic rings. The topological polar surface area (TPSA) is 108 Å². The van der Waals surface area contributed by atoms with Gasteiger partial charge in [-0.25, -0.2) is 9.78 Å². The molecule has 0 atom stereocenters. The number of carboxylic acid groups (broad SMARTS) is 1. The van der Waals surface area contributed by atoms with E-state index in [4.69, 9.17) is 5.11 Å². The number of carboxylic acids is 1. The fraction of sp³-hybridized carbons (Fsp3) is 0. The Morgan fingerprint density at radius 1 is 1.32 bits per heavy atom. The summed E-state index contributed by atoms with van der Waals surface area (Å²) in [6.07, 6.45) is 3.78. The van der Waals surface area contributed by atoms with Crippen LogP contribution in [0.15, 0.2) is 36.5 Å². The number of rotatable bonds is 4. The number of aromatic amines is 1. The number of carbonyl (C=O) groups is 2. The second-order valence-corrected chi connectivity index (χ2v) is 3.54. The van der Waals surface area contributed by atoms with Crippen molar-refractivity contribution in [2.24, 2.45) is 0 Å². The summed E-state index contributed by atoms with van der Waals surface area (Å²) in [4.78, 5) is 26.2. The number of amides is 1. The molecule has 0 fully saturated rings. The van der Waals surface area contributed by atoms with Crippen molar-refractivity contribution in [1.29, 1.82) is 0 Å². The van der Waals surface area contributed by atoms with Gasteiger partial charge in [0.15, 0.2) is 0 Å². The van der Waals surface area contributed by atoms with Crippen molar-refractivity contribution in [1.82, 2.24) is 15.2 Å². The van der Waals surface area contributed by atoms with E-state index in [1.54, 1.807) is 18.2 Å². The molecule has 7 nitrogen and oxygen atoms in total. The smallest absolute Gasteiger partial charge is 0.328 e. The number of aromatic nitrogens is 3. The van der Waals surface area contributed by atoms with Crippen LogP contribution in [0.4, 0.5) is 5.82 Å². The third-order valence-electron chi connectivity index (χ3n) is 2.15. The van der Waals surface area contributed by atoms with E-state index in [2.05, 4.69) is 20.5 Å². The lowest BCUT2D eigenvalue weighted by Gasteiger charge is -2.03. The summed E-state index contributed by atoms with van der Waals surface area (Å²) in [7, 11) is 0. The quantitative estimate of drug-likeness (QED) is 0.713. The van der Waals surface area contributed by atoms with Gasteiger partial charge in [0.1, 0.15) is 11.5 Å². The Morgan fingerprint density at radius 2 is 2.16 bits per heavy atom. The van der Waals surface area contributed by atoms with E-state index in [1.165, 1.54) is 18.3 Å². The molecular weight excluding hydrogens is 248 g/mol. The number of hydrogen-bond donors (Lipinski definition) is 3. The highest BCUT2D eigenvalue weighted by Gasteiger charge is 2.07. The zero-order valence-electron chi connectivity index (χ0n) is 9.70. The third kappa shape index (κ3) is 3.50. The van der Waals surface area contributed by atoms with Crippen LogP contribution >= 0.6 is 0 Å². The Labute approximate surface area is 108 Å². The van der Waals surface area contributed by atoms with Crippen LogP contribution in [0, 0.1) is 0 Å². The molecule has 19 heavy (non-hydrogen) atoms. The molecule has 0 aromatic carbocycles. The largest absolute Gasteiger partial charge is 0.478 e. The van der Waals surface area contributed by atoms with Crippen LogP contribution in [0.3, 0.4) is 0 Å². The predicted octanol–water partition coefficient (Wildman–Crippen LogP) is 1.15. The third-order valence-corrected chi connectivity index (χ3v) is 2.15. The lowest BCUT2D eigenvalue weighted by Crippen LogP contribution is -2.13. The number of carbonyl (C=O) groups excluding carboxylic acids is 1. The SMILES string of the molecule is O=C(O)/C=C/c1cccc(NC(=O)c2ccn[nH]2)n1. The first-order chi connectivity index (χ1) is 9.15. The van der Waals surface area contributed by atoms with Crippen molar-refractivity contribution >= 4 is 23.8 Å². The summed E-state index contributed by atoms with van der Waals surface area (Å²) < 4.78 is 0. The predicted molar refractivity (Wildman–Crippen MR) is 67.4 cm³/mol. The van der Waals surface area contributed by atoms with Gasteiger partial charge >= 0.3 is 5.97 Å². The molecule has 0 saturated carbocycles. The van der Waals surface area contributed by atoms with Crippen molar-refractivity contribution in [2.45, 2.75) is 0 Å². The van der Waals surface area contributed by atoms with E-state index in [9.17, 15) is 9.59 Å². The number of hydrogen-bond acceptors (Lipinski definition) is 4. The first-order valence-corrected chi connectivity index (χ1v) is 5.34. The molecule has 0 unspecified atom stereocenters. The Balaban J connectivity index is 2.11. The Morgan fingerprint density at radius 3 is 2.84 bits per heavy atom. The molecule has 2 aromatic heterocycles. The summed E-state index contributed by atoms with van der Waals surface area (Å²) in [5.41, 5.74) is 0.748. The van der Waals surface area contributed by atoms with Gasteiger partial charge in [-0.2, -0.15) is 5.10 Å². The van der Waals surface area contributed by atoms with Gasteiger partial charge in [0.25, 0.3) is 5.91 Å². The van der Waals surface area contributed by atoms with Crippen molar-refractivity contribution < 1.29 is 14.7 Å². The summed E-state index contributed by atoms with van der Waals surface area (Å²) in [6, 6.07) is 6.43. The van der Waals surface area contributed by atoms with Gasteiger partial charge in [-0.05, 0) is 24.3 Å². The van der Waals surface area contributed by atoms with Crippen LogP contribution in [0.5, 0.6) is 0 Å². The van der Waals surface area contributed by atoms with Crippen LogP contribution < -0.4 is 5.32 Å². The molecule has 0 bridgehead atoms. The first kappa shape index (κ1) is 12.5. The van der Waals surface area contributed by atoms with E-state index in [-0.39, 0.29) is 5.91 Å². The Kier molecular flexibility index (Phi) is 3.67. The van der Waals surface area contributed by atoms with Gasteiger partial charge in [0.05, 0.1) is 5.69 Å². The molecule has 2 heterocycles. The maximum absolute atomic E-state index is 11.7. The molecule has 1 amide bonds. The zero-order valence-corrected chi connectivity index (χ0v) is 9.70. The Hall–Kier alpha value is -2.96. The molecule has 96 valence electrons. The van der Waals surface area contributed by atoms with Crippen molar-refractivity contribution in [3.05, 3.63) is 47.9 Å². The average molecular weight is 258 g/mol. The lowest BCUT2D eigenvalue weighted by atomic mass is 10.3. The summed E-state index contributed by atoms with van der Waals surface area (Å²) in [5.74, 6) is -1.11. The molecule has 0 radical (unpaired) electrons. The van der Waals surface area contributed by atoms with Gasteiger partial charge in [0, 0.05) is 12.3 Å². The molecule has 0 saturated heterocycles. The summed E-state index contributed by atoms with van der Waals surface area (Å²) in [6.45, 7) is 0. The molecule has 7 heteroatoms. The number of aliphatic carboxylic acids is 1. The normalized spacial score (nSPS) is 10.5. The van der Waals surface area contributed by atoms with Crippen LogP contribution in [0.1, 0.15) is 16.2 Å². The number of H-pyrrole nitrogens is 1.